The normalized spacial score (nSPS) is 26.5. The molecule has 0 amide bonds. The SMILES string of the molecule is C/C=C(/C=O)[C@@H](CC)CC(=O)OCCc1ccc(O)cc1.C/C=C1\[C@H](CC(=O)O)C[C@H]2OC(C)(C)O[C@@H]12.C/C=C1\[C@H](CC(=O)OCCc2ccc(O)cc2)C[C@H]2OC(C)(C)O[C@@H]12.C/C=C1\[C@H](CC(C)=O)C[C@H]2OC(C)(C)O[C@@H]12.OCCc1ccc(O)cc1. The number of Topliss-reactive ketones (excluding diaryl/α,β-unsaturated/α-hetero) is 1. The molecule has 6 fully saturated rings. The number of allylic oxidation sites excluding steroid dienone is 5. The molecule has 3 aliphatic carbocycles. The van der Waals surface area contributed by atoms with Gasteiger partial charge in [-0.05, 0) is 207 Å². The Morgan fingerprint density at radius 2 is 0.898 bits per heavy atom. The second kappa shape index (κ2) is 33.9. The van der Waals surface area contributed by atoms with Gasteiger partial charge in [0, 0.05) is 25.9 Å². The number of rotatable bonds is 19. The van der Waals surface area contributed by atoms with Crippen molar-refractivity contribution in [3.05, 3.63) is 136 Å². The molecule has 10 atom stereocenters. The van der Waals surface area contributed by atoms with E-state index < -0.39 is 23.3 Å². The van der Waals surface area contributed by atoms with Crippen LogP contribution < -0.4 is 0 Å². The van der Waals surface area contributed by atoms with E-state index in [1.807, 2.05) is 93.5 Å². The Morgan fingerprint density at radius 3 is 1.22 bits per heavy atom. The van der Waals surface area contributed by atoms with Gasteiger partial charge in [0.15, 0.2) is 17.4 Å². The second-order valence-electron chi connectivity index (χ2n) is 24.3. The van der Waals surface area contributed by atoms with Crippen molar-refractivity contribution >= 4 is 30.0 Å². The summed E-state index contributed by atoms with van der Waals surface area (Å²) in [6, 6.07) is 20.5. The third-order valence-corrected chi connectivity index (χ3v) is 16.2. The molecule has 5 N–H and O–H groups in total. The molecule has 3 aromatic carbocycles. The van der Waals surface area contributed by atoms with E-state index in [4.69, 9.17) is 53.2 Å². The average Bonchev–Trinajstić information content (AvgIpc) is 1.99. The van der Waals surface area contributed by atoms with Crippen molar-refractivity contribution in [2.75, 3.05) is 19.8 Å². The second-order valence-corrected chi connectivity index (χ2v) is 24.3. The van der Waals surface area contributed by atoms with Crippen LogP contribution in [0.2, 0.25) is 0 Å². The Morgan fingerprint density at radius 1 is 0.545 bits per heavy atom. The first-order valence-corrected chi connectivity index (χ1v) is 30.8. The summed E-state index contributed by atoms with van der Waals surface area (Å²) >= 11 is 0. The zero-order valence-electron chi connectivity index (χ0n) is 53.5. The minimum Gasteiger partial charge on any atom is -0.508 e. The molecule has 6 aliphatic rings. The number of phenols is 3. The number of carboxylic acid groups (broad SMARTS) is 1. The Labute approximate surface area is 519 Å². The number of carboxylic acids is 1. The van der Waals surface area contributed by atoms with Crippen LogP contribution in [0.3, 0.4) is 0 Å². The fraction of sp³-hybridized carbons (Fsp3) is 0.557. The van der Waals surface area contributed by atoms with Crippen LogP contribution in [0, 0.1) is 23.7 Å². The highest BCUT2D eigenvalue weighted by Crippen LogP contribution is 2.48. The minimum absolute atomic E-state index is 0.0190. The monoisotopic (exact) mass is 1220 g/mol. The van der Waals surface area contributed by atoms with E-state index in [1.165, 1.54) is 5.57 Å². The number of carbonyl (C=O) groups is 5. The number of fused-ring (bicyclic) bond motifs is 3. The van der Waals surface area contributed by atoms with Crippen molar-refractivity contribution in [1.82, 2.24) is 0 Å². The molecule has 0 bridgehead atoms. The lowest BCUT2D eigenvalue weighted by molar-refractivity contribution is -0.152. The molecule has 0 unspecified atom stereocenters. The smallest absolute Gasteiger partial charge is 0.306 e. The lowest BCUT2D eigenvalue weighted by Crippen LogP contribution is -2.24. The van der Waals surface area contributed by atoms with Crippen LogP contribution in [-0.2, 0) is 81.1 Å². The Bertz CT molecular complexity index is 2800. The number of aliphatic carboxylic acids is 1. The molecular weight excluding hydrogens is 1130 g/mol. The predicted molar refractivity (Wildman–Crippen MR) is 332 cm³/mol. The van der Waals surface area contributed by atoms with E-state index in [-0.39, 0.29) is 109 Å². The summed E-state index contributed by atoms with van der Waals surface area (Å²) in [5, 5.41) is 44.7. The van der Waals surface area contributed by atoms with Gasteiger partial charge in [0.2, 0.25) is 0 Å². The maximum absolute atomic E-state index is 12.2. The molecule has 0 spiro atoms. The molecule has 9 rings (SSSR count). The summed E-state index contributed by atoms with van der Waals surface area (Å²) in [7, 11) is 0. The number of esters is 2. The third kappa shape index (κ3) is 22.2. The topological polar surface area (TPSA) is 260 Å². The van der Waals surface area contributed by atoms with Crippen LogP contribution in [0.5, 0.6) is 17.2 Å². The fourth-order valence-corrected chi connectivity index (χ4v) is 12.3. The molecule has 484 valence electrons. The molecule has 0 radical (unpaired) electrons. The van der Waals surface area contributed by atoms with E-state index in [0.717, 1.165) is 59.8 Å². The molecule has 0 aromatic heterocycles. The van der Waals surface area contributed by atoms with Gasteiger partial charge in [0.25, 0.3) is 0 Å². The molecule has 3 heterocycles. The van der Waals surface area contributed by atoms with Crippen molar-refractivity contribution in [3.63, 3.8) is 0 Å². The van der Waals surface area contributed by atoms with Crippen LogP contribution in [0.25, 0.3) is 0 Å². The van der Waals surface area contributed by atoms with Crippen LogP contribution in [0.15, 0.2) is 119 Å². The zero-order chi connectivity index (χ0) is 64.9. The molecule has 3 saturated heterocycles. The first kappa shape index (κ1) is 72.2. The number of hydrogen-bond donors (Lipinski definition) is 5. The van der Waals surface area contributed by atoms with Crippen LogP contribution >= 0.6 is 0 Å². The van der Waals surface area contributed by atoms with E-state index >= 15 is 0 Å². The average molecular weight is 1230 g/mol. The van der Waals surface area contributed by atoms with Gasteiger partial charge in [-0.15, -0.1) is 0 Å². The summed E-state index contributed by atoms with van der Waals surface area (Å²) in [6.07, 6.45) is 15.2. The minimum atomic E-state index is -0.761. The lowest BCUT2D eigenvalue weighted by atomic mass is 9.94. The number of hydrogen-bond acceptors (Lipinski definition) is 17. The van der Waals surface area contributed by atoms with Gasteiger partial charge in [-0.25, -0.2) is 0 Å². The Hall–Kier alpha value is -6.51. The number of ketones is 1. The standard InChI is InChI=1S/C20H26O5.C17H22O4.C13H20O3.C12H18O4.C8H10O2/c1-4-16-14(11-17-19(16)25-20(2,3)24-17)12-18(22)23-10-9-13-5-7-15(21)8-6-13;1-3-14(15(4-2)12-18)11-17(20)21-10-9-13-5-7-16(19)8-6-13;1-5-10-9(6-8(2)14)7-11-12(10)16-13(3,4)15-11;1-4-8-7(6-10(13)14)5-9-11(8)16-12(2,3)15-9;9-6-5-7-1-3-8(10)4-2-7/h4-8,14,17,19,21H,9-12H2,1-3H3;4-8,12,14,19H,3,9-11H2,1-2H3;5,9,11-12H,6-7H2,1-4H3;4,7,9,11H,5-6H2,1-3H3,(H,13,14);1-4,9-10H,5-6H2/b16-4+;15-4-;10-5+;8-4+;/t14-,17+,19-;14-;9-,11-,12+;7-,9+,11-;/m0010./s1. The molecule has 18 heteroatoms. The van der Waals surface area contributed by atoms with Crippen LogP contribution in [-0.4, -0.2) is 129 Å². The van der Waals surface area contributed by atoms with Gasteiger partial charge >= 0.3 is 17.9 Å². The summed E-state index contributed by atoms with van der Waals surface area (Å²) in [6.45, 7) is 23.6. The molecule has 3 aliphatic heterocycles. The number of aliphatic hydroxyl groups excluding tert-OH is 1. The van der Waals surface area contributed by atoms with Gasteiger partial charge in [-0.3, -0.25) is 19.2 Å². The van der Waals surface area contributed by atoms with Gasteiger partial charge < -0.3 is 68.2 Å². The van der Waals surface area contributed by atoms with Crippen molar-refractivity contribution in [2.24, 2.45) is 23.7 Å². The first-order valence-electron chi connectivity index (χ1n) is 30.8. The van der Waals surface area contributed by atoms with Gasteiger partial charge in [0.05, 0.1) is 50.8 Å². The van der Waals surface area contributed by atoms with Crippen molar-refractivity contribution in [2.45, 2.75) is 208 Å². The molecule has 88 heavy (non-hydrogen) atoms. The molecule has 18 nitrogen and oxygen atoms in total. The van der Waals surface area contributed by atoms with E-state index in [2.05, 4.69) is 6.08 Å². The number of aliphatic hydroxyl groups is 1. The largest absolute Gasteiger partial charge is 0.508 e. The quantitative estimate of drug-likeness (QED) is 0.0323. The van der Waals surface area contributed by atoms with E-state index in [0.29, 0.717) is 56.8 Å². The summed E-state index contributed by atoms with van der Waals surface area (Å²) < 4.78 is 45.8. The Balaban J connectivity index is 0.000000206. The van der Waals surface area contributed by atoms with E-state index in [9.17, 15) is 34.2 Å². The first-order chi connectivity index (χ1) is 41.7. The van der Waals surface area contributed by atoms with Crippen LogP contribution in [0.4, 0.5) is 0 Å². The number of phenolic OH excluding ortho intramolecular Hbond substituents is 3. The number of aromatic hydroxyl groups is 3. The third-order valence-electron chi connectivity index (χ3n) is 16.2. The number of carbonyl (C=O) groups excluding carboxylic acids is 4. The lowest BCUT2D eigenvalue weighted by Gasteiger charge is -2.21. The van der Waals surface area contributed by atoms with Gasteiger partial charge in [0.1, 0.15) is 47.6 Å². The van der Waals surface area contributed by atoms with Crippen molar-refractivity contribution < 1.29 is 87.4 Å². The maximum atomic E-state index is 12.2. The fourth-order valence-electron chi connectivity index (χ4n) is 12.3. The number of ether oxygens (including phenoxy) is 8. The summed E-state index contributed by atoms with van der Waals surface area (Å²) in [5.41, 5.74) is 7.18. The number of benzene rings is 3. The van der Waals surface area contributed by atoms with E-state index in [1.54, 1.807) is 80.6 Å². The maximum Gasteiger partial charge on any atom is 0.306 e. The highest BCUT2D eigenvalue weighted by Gasteiger charge is 2.52. The summed E-state index contributed by atoms with van der Waals surface area (Å²) in [4.78, 5) is 56.8. The van der Waals surface area contributed by atoms with Crippen molar-refractivity contribution in [3.8, 4) is 17.2 Å². The number of aldehydes is 1. The van der Waals surface area contributed by atoms with Gasteiger partial charge in [-0.1, -0.05) is 67.6 Å². The zero-order valence-corrected chi connectivity index (χ0v) is 53.5. The Kier molecular flexibility index (Phi) is 27.8. The highest BCUT2D eigenvalue weighted by molar-refractivity contribution is 5.77. The van der Waals surface area contributed by atoms with Gasteiger partial charge in [-0.2, -0.15) is 0 Å². The molecular formula is C70H96O18. The predicted octanol–water partition coefficient (Wildman–Crippen LogP) is 11.7. The molecule has 3 saturated carbocycles. The van der Waals surface area contributed by atoms with Crippen molar-refractivity contribution in [1.29, 1.82) is 0 Å². The van der Waals surface area contributed by atoms with Crippen LogP contribution in [0.1, 0.15) is 151 Å². The molecule has 3 aromatic rings. The highest BCUT2D eigenvalue weighted by atomic mass is 16.8. The summed E-state index contributed by atoms with van der Waals surface area (Å²) in [5.74, 6) is -1.44.